The van der Waals surface area contributed by atoms with Crippen LogP contribution in [0.5, 0.6) is 0 Å². The van der Waals surface area contributed by atoms with E-state index in [1.807, 2.05) is 0 Å². The third-order valence-electron chi connectivity index (χ3n) is 4.90. The van der Waals surface area contributed by atoms with Gasteiger partial charge in [-0.1, -0.05) is 16.9 Å². The number of carbonyl (C=O) groups excluding carboxylic acids is 1. The van der Waals surface area contributed by atoms with Gasteiger partial charge in [-0.05, 0) is 38.1 Å². The number of amides is 1. The summed E-state index contributed by atoms with van der Waals surface area (Å²) in [6.45, 7) is 3.66. The molecule has 1 aliphatic rings. The minimum absolute atomic E-state index is 0.0127. The molecule has 3 aromatic rings. The molecule has 10 nitrogen and oxygen atoms in total. The van der Waals surface area contributed by atoms with Crippen molar-refractivity contribution in [1.29, 1.82) is 0 Å². The predicted octanol–water partition coefficient (Wildman–Crippen LogP) is 2.01. The number of carbonyl (C=O) groups is 1. The summed E-state index contributed by atoms with van der Waals surface area (Å²) in [4.78, 5) is 28.8. The van der Waals surface area contributed by atoms with Crippen molar-refractivity contribution in [3.63, 3.8) is 0 Å². The van der Waals surface area contributed by atoms with Gasteiger partial charge in [0.25, 0.3) is 15.6 Å². The van der Waals surface area contributed by atoms with E-state index in [0.29, 0.717) is 27.9 Å². The van der Waals surface area contributed by atoms with E-state index >= 15 is 0 Å². The molecule has 2 N–H and O–H groups in total. The van der Waals surface area contributed by atoms with Crippen LogP contribution in [-0.2, 0) is 21.4 Å². The number of nitrogens with one attached hydrogen (secondary N) is 2. The largest absolute Gasteiger partial charge is 0.337 e. The Morgan fingerprint density at radius 2 is 1.97 bits per heavy atom. The number of hydrogen-bond donors (Lipinski definition) is 2. The van der Waals surface area contributed by atoms with Gasteiger partial charge in [0.1, 0.15) is 0 Å². The van der Waals surface area contributed by atoms with Crippen molar-refractivity contribution >= 4 is 39.3 Å². The summed E-state index contributed by atoms with van der Waals surface area (Å²) >= 11 is 1.35. The molecule has 1 amide bonds. The predicted molar refractivity (Wildman–Crippen MR) is 115 cm³/mol. The fraction of sp³-hybridized carbons (Fsp3) is 0.263. The van der Waals surface area contributed by atoms with Gasteiger partial charge in [-0.2, -0.15) is 0 Å². The maximum Gasteiger partial charge on any atom is 0.264 e. The van der Waals surface area contributed by atoms with Crippen LogP contribution in [0.1, 0.15) is 11.3 Å². The molecular formula is C19H19N5O5S2. The Kier molecular flexibility index (Phi) is 5.58. The normalized spacial score (nSPS) is 15.9. The van der Waals surface area contributed by atoms with Crippen LogP contribution in [0.25, 0.3) is 0 Å². The molecule has 4 rings (SSSR count). The van der Waals surface area contributed by atoms with Gasteiger partial charge >= 0.3 is 0 Å². The average Bonchev–Trinajstić information content (AvgIpc) is 3.06. The Morgan fingerprint density at radius 1 is 1.23 bits per heavy atom. The molecule has 0 saturated heterocycles. The molecule has 1 unspecified atom stereocenters. The highest BCUT2D eigenvalue weighted by Gasteiger charge is 2.26. The fourth-order valence-corrected chi connectivity index (χ4v) is 5.07. The zero-order valence-electron chi connectivity index (χ0n) is 16.7. The molecule has 0 saturated carbocycles. The highest BCUT2D eigenvalue weighted by atomic mass is 32.2. The molecule has 0 fully saturated rings. The van der Waals surface area contributed by atoms with Gasteiger partial charge in [-0.3, -0.25) is 14.2 Å². The summed E-state index contributed by atoms with van der Waals surface area (Å²) < 4.78 is 34.0. The van der Waals surface area contributed by atoms with Gasteiger partial charge in [0.2, 0.25) is 11.8 Å². The lowest BCUT2D eigenvalue weighted by atomic mass is 10.1. The Hall–Kier alpha value is -3.12. The molecule has 162 valence electrons. The first-order valence-corrected chi connectivity index (χ1v) is 11.8. The number of fused-ring (bicyclic) bond motifs is 1. The summed E-state index contributed by atoms with van der Waals surface area (Å²) in [5.41, 5.74) is 1.45. The average molecular weight is 462 g/mol. The first-order chi connectivity index (χ1) is 14.7. The quantitative estimate of drug-likeness (QED) is 0.551. The van der Waals surface area contributed by atoms with Gasteiger partial charge in [0.15, 0.2) is 5.16 Å². The van der Waals surface area contributed by atoms with E-state index in [2.05, 4.69) is 20.2 Å². The van der Waals surface area contributed by atoms with E-state index in [4.69, 9.17) is 4.52 Å². The first kappa shape index (κ1) is 21.1. The zero-order chi connectivity index (χ0) is 22.2. The summed E-state index contributed by atoms with van der Waals surface area (Å²) in [5, 5.41) is 7.09. The number of benzene rings is 1. The van der Waals surface area contributed by atoms with Crippen molar-refractivity contribution in [3.8, 4) is 0 Å². The van der Waals surface area contributed by atoms with Crippen molar-refractivity contribution in [3.05, 3.63) is 58.1 Å². The van der Waals surface area contributed by atoms with Crippen LogP contribution in [0.3, 0.4) is 0 Å². The molecule has 3 heterocycles. The fourth-order valence-electron chi connectivity index (χ4n) is 2.96. The molecule has 31 heavy (non-hydrogen) atoms. The van der Waals surface area contributed by atoms with Gasteiger partial charge in [0.05, 0.1) is 16.5 Å². The second-order valence-electron chi connectivity index (χ2n) is 7.03. The minimum atomic E-state index is -3.87. The molecule has 1 aromatic carbocycles. The van der Waals surface area contributed by atoms with Gasteiger partial charge in [0, 0.05) is 35.8 Å². The lowest BCUT2D eigenvalue weighted by molar-refractivity contribution is -0.119. The Bertz CT molecular complexity index is 1300. The molecule has 12 heteroatoms. The minimum Gasteiger partial charge on any atom is -0.337 e. The molecule has 1 aliphatic heterocycles. The van der Waals surface area contributed by atoms with Crippen molar-refractivity contribution in [1.82, 2.24) is 14.7 Å². The number of rotatable bonds is 5. The molecule has 0 radical (unpaired) electrons. The van der Waals surface area contributed by atoms with Crippen LogP contribution < -0.4 is 15.6 Å². The van der Waals surface area contributed by atoms with Crippen molar-refractivity contribution in [2.24, 2.45) is 5.92 Å². The van der Waals surface area contributed by atoms with E-state index in [0.717, 1.165) is 0 Å². The number of anilines is 2. The molecular weight excluding hydrogens is 442 g/mol. The van der Waals surface area contributed by atoms with Gasteiger partial charge in [-0.15, -0.1) is 0 Å². The van der Waals surface area contributed by atoms with Crippen LogP contribution in [0.4, 0.5) is 11.6 Å². The molecule has 0 aliphatic carbocycles. The Labute approximate surface area is 182 Å². The summed E-state index contributed by atoms with van der Waals surface area (Å²) in [6, 6.07) is 7.13. The number of aromatic nitrogens is 3. The summed E-state index contributed by atoms with van der Waals surface area (Å²) in [5.74, 6) is -0.110. The smallest absolute Gasteiger partial charge is 0.264 e. The van der Waals surface area contributed by atoms with E-state index in [-0.39, 0.29) is 28.8 Å². The summed E-state index contributed by atoms with van der Waals surface area (Å²) in [6.07, 6.45) is 1.46. The van der Waals surface area contributed by atoms with E-state index in [1.165, 1.54) is 52.9 Å². The molecule has 2 aromatic heterocycles. The third-order valence-corrected chi connectivity index (χ3v) is 7.40. The van der Waals surface area contributed by atoms with Crippen LogP contribution in [0.15, 0.2) is 55.9 Å². The second-order valence-corrected chi connectivity index (χ2v) is 9.69. The standard InChI is InChI=1S/C19H19N5O5S2/c1-11-12(2)22-29-18(11)23-31(27,28)15-5-3-14(4-6-15)21-17(26)13-9-24-16(25)7-8-20-19(24)30-10-13/h3-8,13,23H,9-10H2,1-2H3,(H,21,26). The molecule has 0 bridgehead atoms. The number of nitrogens with zero attached hydrogens (tertiary/aromatic N) is 3. The monoisotopic (exact) mass is 461 g/mol. The van der Waals surface area contributed by atoms with Crippen molar-refractivity contribution < 1.29 is 17.7 Å². The van der Waals surface area contributed by atoms with Crippen molar-refractivity contribution in [2.45, 2.75) is 30.4 Å². The zero-order valence-corrected chi connectivity index (χ0v) is 18.3. The van der Waals surface area contributed by atoms with E-state index in [9.17, 15) is 18.0 Å². The van der Waals surface area contributed by atoms with Crippen molar-refractivity contribution in [2.75, 3.05) is 15.8 Å². The summed E-state index contributed by atoms with van der Waals surface area (Å²) in [7, 11) is -3.87. The second kappa shape index (κ2) is 8.19. The van der Waals surface area contributed by atoms with E-state index < -0.39 is 15.9 Å². The maximum absolute atomic E-state index is 12.6. The third kappa shape index (κ3) is 4.35. The molecule has 1 atom stereocenters. The first-order valence-electron chi connectivity index (χ1n) is 9.30. The lowest BCUT2D eigenvalue weighted by Gasteiger charge is -2.23. The number of aryl methyl sites for hydroxylation is 1. The van der Waals surface area contributed by atoms with Gasteiger partial charge in [-0.25, -0.2) is 18.1 Å². The number of sulfonamides is 1. The lowest BCUT2D eigenvalue weighted by Crippen LogP contribution is -2.36. The Balaban J connectivity index is 1.44. The van der Waals surface area contributed by atoms with Crippen LogP contribution >= 0.6 is 11.8 Å². The van der Waals surface area contributed by atoms with Crippen LogP contribution in [-0.4, -0.2) is 34.8 Å². The Morgan fingerprint density at radius 3 is 2.65 bits per heavy atom. The topological polar surface area (TPSA) is 136 Å². The van der Waals surface area contributed by atoms with E-state index in [1.54, 1.807) is 13.8 Å². The maximum atomic E-state index is 12.6. The highest BCUT2D eigenvalue weighted by molar-refractivity contribution is 7.99. The van der Waals surface area contributed by atoms with Crippen LogP contribution in [0.2, 0.25) is 0 Å². The molecule has 0 spiro atoms. The number of hydrogen-bond acceptors (Lipinski definition) is 8. The SMILES string of the molecule is Cc1noc(NS(=O)(=O)c2ccc(NC(=O)C3CSc4nccc(=O)n4C3)cc2)c1C. The van der Waals surface area contributed by atoms with Gasteiger partial charge < -0.3 is 9.84 Å². The van der Waals surface area contributed by atoms with Crippen LogP contribution in [0, 0.1) is 19.8 Å². The highest BCUT2D eigenvalue weighted by Crippen LogP contribution is 2.26. The number of thioether (sulfide) groups is 1.